The smallest absolute Gasteiger partial charge is 0.227 e. The van der Waals surface area contributed by atoms with E-state index in [1.54, 1.807) is 17.5 Å². The van der Waals surface area contributed by atoms with Gasteiger partial charge in [-0.15, -0.1) is 11.3 Å². The molecule has 3 aromatic heterocycles. The molecule has 1 N–H and O–H groups in total. The fraction of sp³-hybridized carbons (Fsp3) is 0.250. The fourth-order valence-electron chi connectivity index (χ4n) is 2.81. The van der Waals surface area contributed by atoms with Gasteiger partial charge in [0.05, 0.1) is 16.3 Å². The zero-order valence-corrected chi connectivity index (χ0v) is 16.1. The summed E-state index contributed by atoms with van der Waals surface area (Å²) in [5, 5.41) is 7.85. The second-order valence-corrected chi connectivity index (χ2v) is 7.45. The van der Waals surface area contributed by atoms with Crippen molar-refractivity contribution in [2.45, 2.75) is 32.2 Å². The molecule has 4 aromatic rings. The summed E-state index contributed by atoms with van der Waals surface area (Å²) in [5.74, 6) is 0.952. The first-order valence-corrected chi connectivity index (χ1v) is 9.89. The molecular formula is C20H19N5O2S. The predicted octanol–water partition coefficient (Wildman–Crippen LogP) is 3.94. The van der Waals surface area contributed by atoms with Crippen molar-refractivity contribution < 1.29 is 9.32 Å². The van der Waals surface area contributed by atoms with E-state index >= 15 is 0 Å². The van der Waals surface area contributed by atoms with Gasteiger partial charge in [-0.3, -0.25) is 9.78 Å². The highest BCUT2D eigenvalue weighted by Gasteiger charge is 2.15. The third-order valence-electron chi connectivity index (χ3n) is 4.21. The molecule has 142 valence electrons. The van der Waals surface area contributed by atoms with Gasteiger partial charge >= 0.3 is 0 Å². The largest absolute Gasteiger partial charge is 0.347 e. The van der Waals surface area contributed by atoms with Crippen molar-refractivity contribution in [3.63, 3.8) is 0 Å². The SMILES string of the molecule is C[C@H](NC(=O)CCCc1nc(-c2ccccn2)no1)c1nc2ccccc2s1. The zero-order valence-electron chi connectivity index (χ0n) is 15.3. The van der Waals surface area contributed by atoms with Gasteiger partial charge in [-0.05, 0) is 37.6 Å². The number of fused-ring (bicyclic) bond motifs is 1. The normalized spacial score (nSPS) is 12.2. The van der Waals surface area contributed by atoms with Crippen LogP contribution in [0.15, 0.2) is 53.2 Å². The number of pyridine rings is 1. The van der Waals surface area contributed by atoms with Crippen LogP contribution in [0.5, 0.6) is 0 Å². The molecule has 0 unspecified atom stereocenters. The highest BCUT2D eigenvalue weighted by atomic mass is 32.1. The molecule has 0 fully saturated rings. The van der Waals surface area contributed by atoms with E-state index in [0.29, 0.717) is 36.7 Å². The van der Waals surface area contributed by atoms with E-state index in [2.05, 4.69) is 25.4 Å². The first-order valence-electron chi connectivity index (χ1n) is 9.08. The van der Waals surface area contributed by atoms with E-state index in [1.807, 2.05) is 49.4 Å². The molecule has 0 saturated carbocycles. The van der Waals surface area contributed by atoms with E-state index in [1.165, 1.54) is 0 Å². The average molecular weight is 393 g/mol. The van der Waals surface area contributed by atoms with Crippen LogP contribution in [-0.4, -0.2) is 26.0 Å². The molecule has 1 aromatic carbocycles. The van der Waals surface area contributed by atoms with E-state index in [-0.39, 0.29) is 11.9 Å². The number of thiazole rings is 1. The predicted molar refractivity (Wildman–Crippen MR) is 107 cm³/mol. The molecule has 0 radical (unpaired) electrons. The van der Waals surface area contributed by atoms with Crippen LogP contribution in [0, 0.1) is 0 Å². The lowest BCUT2D eigenvalue weighted by molar-refractivity contribution is -0.121. The Kier molecular flexibility index (Phi) is 5.38. The molecule has 8 heteroatoms. The number of aromatic nitrogens is 4. The summed E-state index contributed by atoms with van der Waals surface area (Å²) in [6.45, 7) is 1.95. The Balaban J connectivity index is 1.27. The molecular weight excluding hydrogens is 374 g/mol. The van der Waals surface area contributed by atoms with Crippen molar-refractivity contribution in [3.8, 4) is 11.5 Å². The van der Waals surface area contributed by atoms with Crippen LogP contribution in [-0.2, 0) is 11.2 Å². The summed E-state index contributed by atoms with van der Waals surface area (Å²) < 4.78 is 6.37. The number of hydrogen-bond donors (Lipinski definition) is 1. The summed E-state index contributed by atoms with van der Waals surface area (Å²) in [4.78, 5) is 25.4. The quantitative estimate of drug-likeness (QED) is 0.511. The van der Waals surface area contributed by atoms with Crippen LogP contribution < -0.4 is 5.32 Å². The monoisotopic (exact) mass is 393 g/mol. The van der Waals surface area contributed by atoms with Gasteiger partial charge in [0.2, 0.25) is 17.6 Å². The molecule has 0 bridgehead atoms. The first-order chi connectivity index (χ1) is 13.7. The third-order valence-corrected chi connectivity index (χ3v) is 5.43. The highest BCUT2D eigenvalue weighted by molar-refractivity contribution is 7.18. The number of carbonyl (C=O) groups is 1. The molecule has 0 aliphatic rings. The van der Waals surface area contributed by atoms with E-state index in [4.69, 9.17) is 4.52 Å². The lowest BCUT2D eigenvalue weighted by atomic mass is 10.2. The maximum atomic E-state index is 12.2. The van der Waals surface area contributed by atoms with Crippen LogP contribution in [0.2, 0.25) is 0 Å². The molecule has 0 aliphatic heterocycles. The number of aryl methyl sites for hydroxylation is 1. The second-order valence-electron chi connectivity index (χ2n) is 6.39. The Morgan fingerprint density at radius 2 is 2.04 bits per heavy atom. The van der Waals surface area contributed by atoms with Crippen molar-refractivity contribution in [1.82, 2.24) is 25.4 Å². The summed E-state index contributed by atoms with van der Waals surface area (Å²) in [6.07, 6.45) is 3.24. The Labute approximate surface area is 165 Å². The summed E-state index contributed by atoms with van der Waals surface area (Å²) in [6, 6.07) is 13.4. The number of nitrogens with zero attached hydrogens (tertiary/aromatic N) is 4. The molecule has 0 aliphatic carbocycles. The van der Waals surface area contributed by atoms with E-state index in [9.17, 15) is 4.79 Å². The van der Waals surface area contributed by atoms with Crippen molar-refractivity contribution in [2.24, 2.45) is 0 Å². The lowest BCUT2D eigenvalue weighted by Gasteiger charge is -2.10. The van der Waals surface area contributed by atoms with Crippen molar-refractivity contribution in [2.75, 3.05) is 0 Å². The molecule has 0 spiro atoms. The van der Waals surface area contributed by atoms with Crippen molar-refractivity contribution >= 4 is 27.5 Å². The number of para-hydroxylation sites is 1. The molecule has 0 saturated heterocycles. The minimum Gasteiger partial charge on any atom is -0.347 e. The minimum atomic E-state index is -0.121. The number of rotatable bonds is 7. The minimum absolute atomic E-state index is 0.0174. The van der Waals surface area contributed by atoms with Gasteiger partial charge in [0.15, 0.2) is 0 Å². The number of amides is 1. The van der Waals surface area contributed by atoms with Gasteiger partial charge in [-0.25, -0.2) is 4.98 Å². The van der Waals surface area contributed by atoms with Gasteiger partial charge in [0.25, 0.3) is 0 Å². The molecule has 1 atom stereocenters. The summed E-state index contributed by atoms with van der Waals surface area (Å²) in [5.41, 5.74) is 1.63. The molecule has 1 amide bonds. The first kappa shape index (κ1) is 18.2. The molecule has 3 heterocycles. The summed E-state index contributed by atoms with van der Waals surface area (Å²) in [7, 11) is 0. The molecule has 28 heavy (non-hydrogen) atoms. The van der Waals surface area contributed by atoms with Crippen LogP contribution >= 0.6 is 11.3 Å². The van der Waals surface area contributed by atoms with Crippen LogP contribution in [0.1, 0.15) is 36.7 Å². The lowest BCUT2D eigenvalue weighted by Crippen LogP contribution is -2.26. The maximum absolute atomic E-state index is 12.2. The van der Waals surface area contributed by atoms with E-state index < -0.39 is 0 Å². The number of benzene rings is 1. The van der Waals surface area contributed by atoms with Crippen molar-refractivity contribution in [1.29, 1.82) is 0 Å². The van der Waals surface area contributed by atoms with Crippen LogP contribution in [0.25, 0.3) is 21.7 Å². The average Bonchev–Trinajstić information content (AvgIpc) is 3.36. The molecule has 4 rings (SSSR count). The number of hydrogen-bond acceptors (Lipinski definition) is 7. The Morgan fingerprint density at radius 3 is 2.86 bits per heavy atom. The number of nitrogens with one attached hydrogen (secondary N) is 1. The van der Waals surface area contributed by atoms with Gasteiger partial charge < -0.3 is 9.84 Å². The Hall–Kier alpha value is -3.13. The summed E-state index contributed by atoms with van der Waals surface area (Å²) >= 11 is 1.60. The maximum Gasteiger partial charge on any atom is 0.227 e. The number of carbonyl (C=O) groups excluding carboxylic acids is 1. The van der Waals surface area contributed by atoms with Crippen LogP contribution in [0.3, 0.4) is 0 Å². The topological polar surface area (TPSA) is 93.8 Å². The highest BCUT2D eigenvalue weighted by Crippen LogP contribution is 2.26. The van der Waals surface area contributed by atoms with Gasteiger partial charge in [-0.2, -0.15) is 4.98 Å². The third kappa shape index (κ3) is 4.23. The Morgan fingerprint density at radius 1 is 1.18 bits per heavy atom. The van der Waals surface area contributed by atoms with Gasteiger partial charge in [0.1, 0.15) is 10.7 Å². The zero-order chi connectivity index (χ0) is 19.3. The standard InChI is InChI=1S/C20H19N5O2S/c1-13(20-23-14-7-2-3-9-16(14)28-20)22-17(26)10-6-11-18-24-19(25-27-18)15-8-4-5-12-21-15/h2-5,7-9,12-13H,6,10-11H2,1H3,(H,22,26)/t13-/m0/s1. The van der Waals surface area contributed by atoms with Crippen molar-refractivity contribution in [3.05, 3.63) is 59.6 Å². The van der Waals surface area contributed by atoms with E-state index in [0.717, 1.165) is 15.2 Å². The van der Waals surface area contributed by atoms with Crippen LogP contribution in [0.4, 0.5) is 0 Å². The fourth-order valence-corrected chi connectivity index (χ4v) is 3.78. The Bertz CT molecular complexity index is 1040. The molecule has 7 nitrogen and oxygen atoms in total. The second kappa shape index (κ2) is 8.26. The van der Waals surface area contributed by atoms with Gasteiger partial charge in [0, 0.05) is 19.0 Å². The van der Waals surface area contributed by atoms with Gasteiger partial charge in [-0.1, -0.05) is 23.4 Å².